The summed E-state index contributed by atoms with van der Waals surface area (Å²) in [5, 5.41) is 5.78. The van der Waals surface area contributed by atoms with Crippen LogP contribution in [0.3, 0.4) is 0 Å². The maximum absolute atomic E-state index is 12.2. The molecule has 1 aliphatic rings. The minimum atomic E-state index is -0.236. The predicted octanol–water partition coefficient (Wildman–Crippen LogP) is 3.25. The quantitative estimate of drug-likeness (QED) is 0.858. The topological polar surface area (TPSA) is 76.7 Å². The molecule has 6 nitrogen and oxygen atoms in total. The molecule has 130 valence electrons. The fraction of sp³-hybridized carbons (Fsp3) is 0.222. The molecule has 0 saturated carbocycles. The van der Waals surface area contributed by atoms with E-state index in [1.807, 2.05) is 24.3 Å². The molecule has 25 heavy (non-hydrogen) atoms. The van der Waals surface area contributed by atoms with E-state index in [1.165, 1.54) is 0 Å². The molecule has 0 fully saturated rings. The zero-order chi connectivity index (χ0) is 17.8. The number of ether oxygens (including phenoxy) is 2. The number of nitrogens with one attached hydrogen (secondary N) is 2. The molecule has 0 atom stereocenters. The third kappa shape index (κ3) is 4.22. The molecule has 1 heterocycles. The lowest BCUT2D eigenvalue weighted by atomic mass is 10.1. The molecule has 2 amide bonds. The summed E-state index contributed by atoms with van der Waals surface area (Å²) < 4.78 is 10.4. The van der Waals surface area contributed by atoms with Gasteiger partial charge in [-0.05, 0) is 30.2 Å². The summed E-state index contributed by atoms with van der Waals surface area (Å²) in [7, 11) is 1.61. The molecule has 3 rings (SSSR count). The van der Waals surface area contributed by atoms with Crippen molar-refractivity contribution in [2.24, 2.45) is 0 Å². The van der Waals surface area contributed by atoms with Gasteiger partial charge in [-0.15, -0.1) is 0 Å². The molecule has 0 radical (unpaired) electrons. The van der Waals surface area contributed by atoms with Gasteiger partial charge in [0.15, 0.2) is 6.61 Å². The lowest BCUT2D eigenvalue weighted by Crippen LogP contribution is -2.25. The first-order chi connectivity index (χ1) is 12.0. The molecule has 0 saturated heterocycles. The molecule has 0 unspecified atom stereocenters. The van der Waals surface area contributed by atoms with Gasteiger partial charge >= 0.3 is 0 Å². The van der Waals surface area contributed by atoms with E-state index >= 15 is 0 Å². The van der Waals surface area contributed by atoms with Crippen molar-refractivity contribution in [2.75, 3.05) is 24.4 Å². The smallest absolute Gasteiger partial charge is 0.262 e. The van der Waals surface area contributed by atoms with Gasteiger partial charge in [0.1, 0.15) is 11.5 Å². The summed E-state index contributed by atoms with van der Waals surface area (Å²) >= 11 is 6.17. The molecule has 0 aromatic heterocycles. The average molecular weight is 361 g/mol. The minimum Gasteiger partial charge on any atom is -0.497 e. The van der Waals surface area contributed by atoms with Crippen molar-refractivity contribution in [1.82, 2.24) is 0 Å². The van der Waals surface area contributed by atoms with Crippen molar-refractivity contribution < 1.29 is 19.1 Å². The number of halogens is 1. The van der Waals surface area contributed by atoms with E-state index in [2.05, 4.69) is 10.6 Å². The Kier molecular flexibility index (Phi) is 5.09. The van der Waals surface area contributed by atoms with Crippen molar-refractivity contribution in [2.45, 2.75) is 12.8 Å². The molecular formula is C18H17ClN2O4. The summed E-state index contributed by atoms with van der Waals surface area (Å²) in [4.78, 5) is 23.5. The highest BCUT2D eigenvalue weighted by atomic mass is 35.5. The summed E-state index contributed by atoms with van der Waals surface area (Å²) in [5.74, 6) is 0.868. The van der Waals surface area contributed by atoms with Crippen LogP contribution in [0.4, 0.5) is 11.4 Å². The van der Waals surface area contributed by atoms with Gasteiger partial charge in [-0.3, -0.25) is 9.59 Å². The van der Waals surface area contributed by atoms with Gasteiger partial charge in [0.25, 0.3) is 5.91 Å². The Morgan fingerprint density at radius 1 is 1.32 bits per heavy atom. The number of hydrogen-bond donors (Lipinski definition) is 2. The Hall–Kier alpha value is -2.73. The van der Waals surface area contributed by atoms with Crippen LogP contribution < -0.4 is 20.1 Å². The Balaban J connectivity index is 1.61. The maximum atomic E-state index is 12.2. The van der Waals surface area contributed by atoms with Crippen LogP contribution in [0.15, 0.2) is 36.4 Å². The fourth-order valence-electron chi connectivity index (χ4n) is 2.46. The summed E-state index contributed by atoms with van der Waals surface area (Å²) in [6, 6.07) is 10.7. The summed E-state index contributed by atoms with van der Waals surface area (Å²) in [6.45, 7) is -0.0561. The summed E-state index contributed by atoms with van der Waals surface area (Å²) in [5.41, 5.74) is 1.99. The number of methoxy groups -OCH3 is 1. The van der Waals surface area contributed by atoms with Crippen LogP contribution in [0, 0.1) is 0 Å². The first-order valence-electron chi connectivity index (χ1n) is 7.74. The van der Waals surface area contributed by atoms with E-state index in [-0.39, 0.29) is 18.4 Å². The Labute approximate surface area is 150 Å². The highest BCUT2D eigenvalue weighted by Gasteiger charge is 2.19. The third-order valence-electron chi connectivity index (χ3n) is 3.78. The van der Waals surface area contributed by atoms with Gasteiger partial charge in [-0.25, -0.2) is 0 Å². The third-order valence-corrected chi connectivity index (χ3v) is 4.09. The molecule has 7 heteroatoms. The number of anilines is 2. The number of carbonyl (C=O) groups excluding carboxylic acids is 2. The average Bonchev–Trinajstić information content (AvgIpc) is 2.61. The number of rotatable bonds is 5. The highest BCUT2D eigenvalue weighted by Crippen LogP contribution is 2.36. The monoisotopic (exact) mass is 360 g/mol. The number of amides is 2. The van der Waals surface area contributed by atoms with Crippen LogP contribution in [0.2, 0.25) is 5.02 Å². The standard InChI is InChI=1S/C18H17ClN2O4/c1-24-12-5-2-11(3-6-12)4-7-17(22)20-14-9-16-15(8-13(14)19)21-18(23)10-25-16/h2-3,5-6,8-9H,4,7,10H2,1H3,(H,20,22)(H,21,23). The molecule has 0 bridgehead atoms. The van der Waals surface area contributed by atoms with Gasteiger partial charge in [-0.2, -0.15) is 0 Å². The first kappa shape index (κ1) is 17.1. The van der Waals surface area contributed by atoms with Crippen LogP contribution in [-0.4, -0.2) is 25.5 Å². The Morgan fingerprint density at radius 2 is 2.08 bits per heavy atom. The van der Waals surface area contributed by atoms with Gasteiger partial charge in [0, 0.05) is 12.5 Å². The van der Waals surface area contributed by atoms with E-state index in [1.54, 1.807) is 19.2 Å². The van der Waals surface area contributed by atoms with E-state index in [9.17, 15) is 9.59 Å². The zero-order valence-corrected chi connectivity index (χ0v) is 14.4. The Bertz CT molecular complexity index is 805. The largest absolute Gasteiger partial charge is 0.497 e. The predicted molar refractivity (Wildman–Crippen MR) is 95.5 cm³/mol. The Morgan fingerprint density at radius 3 is 2.80 bits per heavy atom. The van der Waals surface area contributed by atoms with Crippen molar-refractivity contribution in [3.8, 4) is 11.5 Å². The van der Waals surface area contributed by atoms with Crippen LogP contribution in [0.5, 0.6) is 11.5 Å². The summed E-state index contributed by atoms with van der Waals surface area (Å²) in [6.07, 6.45) is 0.919. The van der Waals surface area contributed by atoms with Crippen LogP contribution >= 0.6 is 11.6 Å². The minimum absolute atomic E-state index is 0.0561. The van der Waals surface area contributed by atoms with Crippen molar-refractivity contribution in [1.29, 1.82) is 0 Å². The fourth-order valence-corrected chi connectivity index (χ4v) is 2.67. The SMILES string of the molecule is COc1ccc(CCC(=O)Nc2cc3c(cc2Cl)NC(=O)CO3)cc1. The number of hydrogen-bond acceptors (Lipinski definition) is 4. The van der Waals surface area contributed by atoms with E-state index < -0.39 is 0 Å². The lowest BCUT2D eigenvalue weighted by Gasteiger charge is -2.19. The molecule has 1 aliphatic heterocycles. The maximum Gasteiger partial charge on any atom is 0.262 e. The van der Waals surface area contributed by atoms with E-state index in [4.69, 9.17) is 21.1 Å². The van der Waals surface area contributed by atoms with Crippen molar-refractivity contribution >= 4 is 34.8 Å². The van der Waals surface area contributed by atoms with Crippen molar-refractivity contribution in [3.05, 3.63) is 47.0 Å². The van der Waals surface area contributed by atoms with Crippen LogP contribution in [0.25, 0.3) is 0 Å². The van der Waals surface area contributed by atoms with Gasteiger partial charge in [0.2, 0.25) is 5.91 Å². The second-order valence-electron chi connectivity index (χ2n) is 5.56. The number of benzene rings is 2. The molecule has 2 aromatic rings. The number of fused-ring (bicyclic) bond motifs is 1. The normalized spacial score (nSPS) is 12.6. The molecule has 2 N–H and O–H groups in total. The van der Waals surface area contributed by atoms with Gasteiger partial charge in [-0.1, -0.05) is 23.7 Å². The highest BCUT2D eigenvalue weighted by molar-refractivity contribution is 6.34. The second-order valence-corrected chi connectivity index (χ2v) is 5.97. The first-order valence-corrected chi connectivity index (χ1v) is 8.12. The zero-order valence-electron chi connectivity index (χ0n) is 13.6. The number of aryl methyl sites for hydroxylation is 1. The van der Waals surface area contributed by atoms with Crippen LogP contribution in [0.1, 0.15) is 12.0 Å². The molecular weight excluding hydrogens is 344 g/mol. The van der Waals surface area contributed by atoms with Gasteiger partial charge in [0.05, 0.1) is 23.5 Å². The molecule has 0 aliphatic carbocycles. The van der Waals surface area contributed by atoms with E-state index in [0.717, 1.165) is 11.3 Å². The van der Waals surface area contributed by atoms with Crippen LogP contribution in [-0.2, 0) is 16.0 Å². The van der Waals surface area contributed by atoms with Crippen molar-refractivity contribution in [3.63, 3.8) is 0 Å². The van der Waals surface area contributed by atoms with E-state index in [0.29, 0.717) is 35.0 Å². The number of carbonyl (C=O) groups is 2. The molecule has 2 aromatic carbocycles. The lowest BCUT2D eigenvalue weighted by molar-refractivity contribution is -0.118. The second kappa shape index (κ2) is 7.44. The molecule has 0 spiro atoms. The van der Waals surface area contributed by atoms with Gasteiger partial charge < -0.3 is 20.1 Å².